The van der Waals surface area contributed by atoms with Crippen LogP contribution in [0.2, 0.25) is 0 Å². The molecule has 0 bridgehead atoms. The predicted octanol–water partition coefficient (Wildman–Crippen LogP) is 5.16. The molecule has 1 atom stereocenters. The fourth-order valence-electron chi connectivity index (χ4n) is 3.97. The van der Waals surface area contributed by atoms with Crippen LogP contribution < -0.4 is 10.1 Å². The number of aryl methyl sites for hydroxylation is 3. The monoisotopic (exact) mass is 472 g/mol. The number of carbonyl (C=O) groups is 2. The van der Waals surface area contributed by atoms with Crippen LogP contribution in [0.25, 0.3) is 0 Å². The molecule has 0 aliphatic heterocycles. The SMILES string of the molecule is Cc1cccc(CN(C(=O)COc2ccc(C)c(C)c2)C(Cc2ccccc2)C(=O)NC(C)C)c1. The van der Waals surface area contributed by atoms with E-state index in [-0.39, 0.29) is 24.5 Å². The number of benzene rings is 3. The second-order valence-corrected chi connectivity index (χ2v) is 9.41. The topological polar surface area (TPSA) is 58.6 Å². The first kappa shape index (κ1) is 26.0. The lowest BCUT2D eigenvalue weighted by Gasteiger charge is -2.32. The van der Waals surface area contributed by atoms with Crippen LogP contribution in [0.5, 0.6) is 5.75 Å². The molecule has 5 nitrogen and oxygen atoms in total. The van der Waals surface area contributed by atoms with Gasteiger partial charge in [-0.05, 0) is 69.0 Å². The fourth-order valence-corrected chi connectivity index (χ4v) is 3.97. The van der Waals surface area contributed by atoms with E-state index in [9.17, 15) is 9.59 Å². The number of ether oxygens (including phenoxy) is 1. The van der Waals surface area contributed by atoms with E-state index < -0.39 is 6.04 Å². The minimum Gasteiger partial charge on any atom is -0.484 e. The van der Waals surface area contributed by atoms with Crippen LogP contribution in [0.4, 0.5) is 0 Å². The van der Waals surface area contributed by atoms with Crippen LogP contribution in [0.3, 0.4) is 0 Å². The average molecular weight is 473 g/mol. The Morgan fingerprint density at radius 2 is 1.57 bits per heavy atom. The van der Waals surface area contributed by atoms with Crippen molar-refractivity contribution in [2.24, 2.45) is 0 Å². The second kappa shape index (κ2) is 12.2. The Morgan fingerprint density at radius 1 is 0.857 bits per heavy atom. The molecule has 0 aliphatic carbocycles. The standard InChI is InChI=1S/C30H36N2O3/c1-21(2)31-30(34)28(18-25-11-7-6-8-12-25)32(19-26-13-9-10-22(3)16-26)29(33)20-35-27-15-14-23(4)24(5)17-27/h6-17,21,28H,18-20H2,1-5H3,(H,31,34). The molecule has 0 aromatic heterocycles. The van der Waals surface area contributed by atoms with Crippen molar-refractivity contribution >= 4 is 11.8 Å². The summed E-state index contributed by atoms with van der Waals surface area (Å²) < 4.78 is 5.88. The molecule has 0 saturated heterocycles. The molecule has 0 saturated carbocycles. The van der Waals surface area contributed by atoms with E-state index in [4.69, 9.17) is 4.74 Å². The number of amides is 2. The zero-order valence-electron chi connectivity index (χ0n) is 21.4. The van der Waals surface area contributed by atoms with Crippen molar-refractivity contribution in [2.45, 2.75) is 59.7 Å². The second-order valence-electron chi connectivity index (χ2n) is 9.41. The molecule has 3 aromatic carbocycles. The van der Waals surface area contributed by atoms with E-state index in [2.05, 4.69) is 5.32 Å². The highest BCUT2D eigenvalue weighted by Gasteiger charge is 2.31. The maximum atomic E-state index is 13.6. The molecular weight excluding hydrogens is 436 g/mol. The minimum absolute atomic E-state index is 0.0384. The first-order valence-corrected chi connectivity index (χ1v) is 12.1. The lowest BCUT2D eigenvalue weighted by Crippen LogP contribution is -2.52. The van der Waals surface area contributed by atoms with Gasteiger partial charge in [0.2, 0.25) is 5.91 Å². The van der Waals surface area contributed by atoms with Gasteiger partial charge in [-0.2, -0.15) is 0 Å². The Bertz CT molecular complexity index is 1140. The van der Waals surface area contributed by atoms with Gasteiger partial charge in [-0.1, -0.05) is 66.2 Å². The van der Waals surface area contributed by atoms with Gasteiger partial charge in [-0.3, -0.25) is 9.59 Å². The van der Waals surface area contributed by atoms with E-state index in [1.165, 1.54) is 0 Å². The Balaban J connectivity index is 1.91. The van der Waals surface area contributed by atoms with Crippen molar-refractivity contribution in [3.63, 3.8) is 0 Å². The van der Waals surface area contributed by atoms with Crippen molar-refractivity contribution in [3.05, 3.63) is 101 Å². The third-order valence-corrected chi connectivity index (χ3v) is 5.98. The van der Waals surface area contributed by atoms with Crippen molar-refractivity contribution < 1.29 is 14.3 Å². The summed E-state index contributed by atoms with van der Waals surface area (Å²) in [6.45, 7) is 10.1. The molecule has 35 heavy (non-hydrogen) atoms. The van der Waals surface area contributed by atoms with Gasteiger partial charge in [-0.25, -0.2) is 0 Å². The van der Waals surface area contributed by atoms with Crippen LogP contribution in [0.1, 0.15) is 41.7 Å². The molecule has 5 heteroatoms. The Labute approximate surface area is 209 Å². The van der Waals surface area contributed by atoms with Gasteiger partial charge in [0.1, 0.15) is 11.8 Å². The van der Waals surface area contributed by atoms with E-state index in [0.29, 0.717) is 18.7 Å². The van der Waals surface area contributed by atoms with E-state index >= 15 is 0 Å². The van der Waals surface area contributed by atoms with E-state index in [1.54, 1.807) is 4.90 Å². The van der Waals surface area contributed by atoms with Crippen molar-refractivity contribution in [1.82, 2.24) is 10.2 Å². The number of hydrogen-bond acceptors (Lipinski definition) is 3. The van der Waals surface area contributed by atoms with Crippen LogP contribution in [0.15, 0.2) is 72.8 Å². The maximum absolute atomic E-state index is 13.6. The molecule has 1 unspecified atom stereocenters. The smallest absolute Gasteiger partial charge is 0.261 e. The number of nitrogens with one attached hydrogen (secondary N) is 1. The van der Waals surface area contributed by atoms with Gasteiger partial charge >= 0.3 is 0 Å². The summed E-state index contributed by atoms with van der Waals surface area (Å²) in [5, 5.41) is 3.01. The van der Waals surface area contributed by atoms with Crippen LogP contribution in [-0.4, -0.2) is 35.4 Å². The van der Waals surface area contributed by atoms with Crippen LogP contribution in [-0.2, 0) is 22.6 Å². The summed E-state index contributed by atoms with van der Waals surface area (Å²) in [5.74, 6) is 0.240. The lowest BCUT2D eigenvalue weighted by atomic mass is 10.0. The number of rotatable bonds is 10. The molecule has 3 rings (SSSR count). The van der Waals surface area contributed by atoms with Crippen molar-refractivity contribution in [3.8, 4) is 5.75 Å². The predicted molar refractivity (Wildman–Crippen MR) is 140 cm³/mol. The first-order valence-electron chi connectivity index (χ1n) is 12.1. The zero-order valence-corrected chi connectivity index (χ0v) is 21.4. The van der Waals surface area contributed by atoms with Crippen LogP contribution in [0, 0.1) is 20.8 Å². The van der Waals surface area contributed by atoms with Crippen molar-refractivity contribution in [2.75, 3.05) is 6.61 Å². The fraction of sp³-hybridized carbons (Fsp3) is 0.333. The van der Waals surface area contributed by atoms with Crippen LogP contribution >= 0.6 is 0 Å². The summed E-state index contributed by atoms with van der Waals surface area (Å²) in [6.07, 6.45) is 0.417. The van der Waals surface area contributed by atoms with Gasteiger partial charge in [0.15, 0.2) is 6.61 Å². The lowest BCUT2D eigenvalue weighted by molar-refractivity contribution is -0.143. The average Bonchev–Trinajstić information content (AvgIpc) is 2.82. The third kappa shape index (κ3) is 7.71. The van der Waals surface area contributed by atoms with Gasteiger partial charge in [0.25, 0.3) is 5.91 Å². The van der Waals surface area contributed by atoms with Gasteiger partial charge in [0, 0.05) is 19.0 Å². The summed E-state index contributed by atoms with van der Waals surface area (Å²) in [4.78, 5) is 28.6. The molecule has 1 N–H and O–H groups in total. The summed E-state index contributed by atoms with van der Waals surface area (Å²) in [6, 6.07) is 22.9. The maximum Gasteiger partial charge on any atom is 0.261 e. The Hall–Kier alpha value is -3.60. The van der Waals surface area contributed by atoms with E-state index in [0.717, 1.165) is 27.8 Å². The highest BCUT2D eigenvalue weighted by atomic mass is 16.5. The zero-order chi connectivity index (χ0) is 25.4. The minimum atomic E-state index is -0.670. The normalized spacial score (nSPS) is 11.7. The molecule has 0 aliphatic rings. The number of hydrogen-bond donors (Lipinski definition) is 1. The molecular formula is C30H36N2O3. The molecule has 184 valence electrons. The Morgan fingerprint density at radius 3 is 2.23 bits per heavy atom. The summed E-state index contributed by atoms with van der Waals surface area (Å²) >= 11 is 0. The quantitative estimate of drug-likeness (QED) is 0.444. The van der Waals surface area contributed by atoms with E-state index in [1.807, 2.05) is 107 Å². The number of carbonyl (C=O) groups excluding carboxylic acids is 2. The highest BCUT2D eigenvalue weighted by molar-refractivity contribution is 5.88. The largest absolute Gasteiger partial charge is 0.484 e. The number of nitrogens with zero attached hydrogens (tertiary/aromatic N) is 1. The van der Waals surface area contributed by atoms with Crippen molar-refractivity contribution in [1.29, 1.82) is 0 Å². The van der Waals surface area contributed by atoms with Gasteiger partial charge < -0.3 is 15.0 Å². The van der Waals surface area contributed by atoms with Gasteiger partial charge in [-0.15, -0.1) is 0 Å². The third-order valence-electron chi connectivity index (χ3n) is 5.98. The molecule has 0 radical (unpaired) electrons. The molecule has 0 fully saturated rings. The Kier molecular flexibility index (Phi) is 9.07. The van der Waals surface area contributed by atoms with Gasteiger partial charge in [0.05, 0.1) is 0 Å². The highest BCUT2D eigenvalue weighted by Crippen LogP contribution is 2.19. The first-order chi connectivity index (χ1) is 16.7. The molecule has 0 heterocycles. The molecule has 3 aromatic rings. The molecule has 0 spiro atoms. The molecule has 2 amide bonds. The summed E-state index contributed by atoms with van der Waals surface area (Å²) in [5.41, 5.74) is 5.34. The summed E-state index contributed by atoms with van der Waals surface area (Å²) in [7, 11) is 0.